The Morgan fingerprint density at radius 1 is 0.759 bits per heavy atom. The number of carbonyl (C=O) groups excluding carboxylic acids is 1. The number of hydrogen-bond acceptors (Lipinski definition) is 11. The van der Waals surface area contributed by atoms with E-state index < -0.39 is 6.09 Å². The molecule has 0 unspecified atom stereocenters. The van der Waals surface area contributed by atoms with Gasteiger partial charge in [-0.15, -0.1) is 0 Å². The molecular formula is C44H42N8O6. The monoisotopic (exact) mass is 778 g/mol. The fourth-order valence-electron chi connectivity index (χ4n) is 7.19. The molecule has 2 atom stereocenters. The van der Waals surface area contributed by atoms with E-state index in [2.05, 4.69) is 41.4 Å². The molecule has 0 bridgehead atoms. The minimum Gasteiger partial charge on any atom is -0.502 e. The van der Waals surface area contributed by atoms with Crippen molar-refractivity contribution in [1.82, 2.24) is 25.6 Å². The maximum atomic E-state index is 11.6. The molecule has 2 heterocycles. The van der Waals surface area contributed by atoms with Crippen molar-refractivity contribution >= 4 is 17.5 Å². The lowest BCUT2D eigenvalue weighted by Crippen LogP contribution is -2.26. The molecule has 58 heavy (non-hydrogen) atoms. The number of rotatable bonds is 9. The number of ether oxygens (including phenoxy) is 3. The van der Waals surface area contributed by atoms with Gasteiger partial charge in [-0.2, -0.15) is 9.97 Å². The third-order valence-corrected chi connectivity index (χ3v) is 9.78. The molecule has 2 aliphatic rings. The molecule has 0 aliphatic heterocycles. The van der Waals surface area contributed by atoms with Crippen molar-refractivity contribution in [1.29, 1.82) is 0 Å². The largest absolute Gasteiger partial charge is 0.502 e. The highest BCUT2D eigenvalue weighted by Gasteiger charge is 2.28. The number of amides is 1. The smallest absolute Gasteiger partial charge is 0.407 e. The van der Waals surface area contributed by atoms with Gasteiger partial charge in [0.25, 0.3) is 11.8 Å². The van der Waals surface area contributed by atoms with Crippen molar-refractivity contribution in [2.45, 2.75) is 77.7 Å². The molecule has 0 saturated carbocycles. The summed E-state index contributed by atoms with van der Waals surface area (Å²) < 4.78 is 27.0. The predicted molar refractivity (Wildman–Crippen MR) is 216 cm³/mol. The molecule has 0 radical (unpaired) electrons. The summed E-state index contributed by atoms with van der Waals surface area (Å²) in [5.41, 5.74) is 14.6. The number of nitrogens with two attached hydrogens (primary N) is 1. The van der Waals surface area contributed by atoms with E-state index >= 15 is 0 Å². The van der Waals surface area contributed by atoms with Crippen molar-refractivity contribution in [3.63, 3.8) is 0 Å². The van der Waals surface area contributed by atoms with E-state index in [1.165, 1.54) is 12.7 Å². The quantitative estimate of drug-likeness (QED) is 0.134. The maximum Gasteiger partial charge on any atom is 0.407 e. The van der Waals surface area contributed by atoms with Crippen LogP contribution in [-0.4, -0.2) is 45.7 Å². The second-order valence-corrected chi connectivity index (χ2v) is 14.4. The van der Waals surface area contributed by atoms with Gasteiger partial charge in [-0.1, -0.05) is 46.7 Å². The van der Waals surface area contributed by atoms with Gasteiger partial charge < -0.3 is 34.3 Å². The lowest BCUT2D eigenvalue weighted by atomic mass is 10.0. The first-order valence-corrected chi connectivity index (χ1v) is 19.0. The summed E-state index contributed by atoms with van der Waals surface area (Å²) in [5.74, 6) is 2.80. The van der Waals surface area contributed by atoms with Gasteiger partial charge in [0.2, 0.25) is 23.0 Å². The van der Waals surface area contributed by atoms with E-state index in [9.17, 15) is 4.79 Å². The highest BCUT2D eigenvalue weighted by molar-refractivity contribution is 5.73. The molecule has 2 aromatic heterocycles. The van der Waals surface area contributed by atoms with Crippen LogP contribution in [0.1, 0.15) is 74.9 Å². The van der Waals surface area contributed by atoms with Crippen LogP contribution in [0.4, 0.5) is 16.2 Å². The van der Waals surface area contributed by atoms with Gasteiger partial charge in [-0.05, 0) is 112 Å². The van der Waals surface area contributed by atoms with Gasteiger partial charge in [0, 0.05) is 28.3 Å². The van der Waals surface area contributed by atoms with E-state index in [1.807, 2.05) is 64.1 Å². The average Bonchev–Trinajstić information content (AvgIpc) is 4.06. The zero-order valence-corrected chi connectivity index (χ0v) is 32.8. The Kier molecular flexibility index (Phi) is 11.5. The van der Waals surface area contributed by atoms with Crippen LogP contribution in [0.15, 0.2) is 81.8 Å². The standard InChI is InChI=1S/C23H22N4O4.C21H20N4O2/c1-13(2)30-20-11-8-14(12-19(20)24-3)22-26-21(27-31-22)17-7-5-6-16-15(17)9-10-18(16)25-23(28)29-4;1-12(2)26-19-10-7-13(11-18(19)23-3)21-24-20(25-27-21)16-6-4-5-15-14(16)8-9-17(15)22/h5-8,11-13,18H,9-10H2,1-2,4H3,(H,25,28);4-7,10-12,17H,8-9,22H2,1-2H3/t18-;17-/m11/s1. The van der Waals surface area contributed by atoms with Crippen molar-refractivity contribution in [3.8, 4) is 57.2 Å². The van der Waals surface area contributed by atoms with Crippen LogP contribution in [0.25, 0.3) is 55.4 Å². The van der Waals surface area contributed by atoms with E-state index in [-0.39, 0.29) is 24.3 Å². The van der Waals surface area contributed by atoms with E-state index in [4.69, 9.17) is 42.1 Å². The first-order valence-electron chi connectivity index (χ1n) is 19.0. The second-order valence-electron chi connectivity index (χ2n) is 14.4. The zero-order chi connectivity index (χ0) is 40.9. The molecule has 3 N–H and O–H groups in total. The minimum atomic E-state index is -0.453. The zero-order valence-electron chi connectivity index (χ0n) is 32.8. The normalized spacial score (nSPS) is 15.1. The molecule has 1 amide bonds. The third-order valence-electron chi connectivity index (χ3n) is 9.78. The number of nitrogens with one attached hydrogen (secondary N) is 1. The van der Waals surface area contributed by atoms with Crippen LogP contribution in [0.2, 0.25) is 0 Å². The molecule has 6 aromatic rings. The molecule has 2 aliphatic carbocycles. The molecule has 0 saturated heterocycles. The van der Waals surface area contributed by atoms with Crippen LogP contribution in [0.5, 0.6) is 11.5 Å². The van der Waals surface area contributed by atoms with E-state index in [1.54, 1.807) is 30.3 Å². The average molecular weight is 779 g/mol. The first kappa shape index (κ1) is 39.2. The minimum absolute atomic E-state index is 0.00194. The Bertz CT molecular complexity index is 2550. The summed E-state index contributed by atoms with van der Waals surface area (Å²) in [6.45, 7) is 22.5. The molecule has 4 aromatic carbocycles. The van der Waals surface area contributed by atoms with Crippen molar-refractivity contribution in [3.05, 3.63) is 118 Å². The van der Waals surface area contributed by atoms with Gasteiger partial charge in [0.1, 0.15) is 11.5 Å². The molecule has 294 valence electrons. The lowest BCUT2D eigenvalue weighted by molar-refractivity contribution is 0.166. The topological polar surface area (TPSA) is 169 Å². The number of aromatic nitrogens is 4. The number of alkyl carbamates (subject to hydrolysis) is 1. The van der Waals surface area contributed by atoms with Crippen molar-refractivity contribution < 1.29 is 28.1 Å². The maximum absolute atomic E-state index is 11.6. The van der Waals surface area contributed by atoms with Crippen LogP contribution in [0, 0.1) is 13.1 Å². The van der Waals surface area contributed by atoms with E-state index in [0.29, 0.717) is 57.4 Å². The number of hydrogen-bond donors (Lipinski definition) is 2. The highest BCUT2D eigenvalue weighted by Crippen LogP contribution is 2.40. The Balaban J connectivity index is 0.000000178. The van der Waals surface area contributed by atoms with Gasteiger partial charge in [0.15, 0.2) is 0 Å². The number of carbonyl (C=O) groups is 1. The van der Waals surface area contributed by atoms with Crippen LogP contribution in [0.3, 0.4) is 0 Å². The Hall–Kier alpha value is -7.03. The van der Waals surface area contributed by atoms with Gasteiger partial charge in [-0.25, -0.2) is 14.5 Å². The summed E-state index contributed by atoms with van der Waals surface area (Å²) in [7, 11) is 1.35. The fourth-order valence-corrected chi connectivity index (χ4v) is 7.19. The van der Waals surface area contributed by atoms with Crippen LogP contribution >= 0.6 is 0 Å². The predicted octanol–water partition coefficient (Wildman–Crippen LogP) is 9.77. The van der Waals surface area contributed by atoms with Crippen LogP contribution < -0.4 is 20.5 Å². The Labute approximate surface area is 336 Å². The summed E-state index contributed by atoms with van der Waals surface area (Å²) in [5, 5.41) is 11.2. The molecule has 14 nitrogen and oxygen atoms in total. The molecule has 0 fully saturated rings. The molecule has 8 rings (SSSR count). The molecule has 14 heteroatoms. The second kappa shape index (κ2) is 17.0. The first-order chi connectivity index (χ1) is 28.1. The van der Waals surface area contributed by atoms with Crippen LogP contribution in [-0.2, 0) is 17.6 Å². The fraction of sp³-hybridized carbons (Fsp3) is 0.295. The van der Waals surface area contributed by atoms with Crippen molar-refractivity contribution in [2.75, 3.05) is 7.11 Å². The Morgan fingerprint density at radius 2 is 1.26 bits per heavy atom. The molecule has 0 spiro atoms. The summed E-state index contributed by atoms with van der Waals surface area (Å²) in [4.78, 5) is 27.8. The SMILES string of the molecule is [C-]#[N+]c1cc(-c2nc(-c3cccc4c3CC[C@H]4N)no2)ccc1OC(C)C.[C-]#[N+]c1cc(-c2nc(-c3cccc4c3CC[C@H]4NC(=O)OC)no2)ccc1OC(C)C. The van der Waals surface area contributed by atoms with Gasteiger partial charge in [0.05, 0.1) is 38.5 Å². The third kappa shape index (κ3) is 8.24. The Morgan fingerprint density at radius 3 is 1.76 bits per heavy atom. The lowest BCUT2D eigenvalue weighted by Gasteiger charge is -2.13. The van der Waals surface area contributed by atoms with E-state index in [0.717, 1.165) is 53.5 Å². The number of fused-ring (bicyclic) bond motifs is 2. The summed E-state index contributed by atoms with van der Waals surface area (Å²) >= 11 is 0. The highest BCUT2D eigenvalue weighted by atomic mass is 16.5. The van der Waals surface area contributed by atoms with Gasteiger partial charge in [-0.3, -0.25) is 0 Å². The number of nitrogens with zero attached hydrogens (tertiary/aromatic N) is 6. The van der Waals surface area contributed by atoms with Gasteiger partial charge >= 0.3 is 6.09 Å². The summed E-state index contributed by atoms with van der Waals surface area (Å²) in [6, 6.07) is 22.4. The number of methoxy groups -OCH3 is 1. The summed E-state index contributed by atoms with van der Waals surface area (Å²) in [6.07, 6.45) is 2.93. The number of benzene rings is 4. The van der Waals surface area contributed by atoms with Crippen molar-refractivity contribution in [2.24, 2.45) is 5.73 Å². The molecular weight excluding hydrogens is 737 g/mol.